The lowest BCUT2D eigenvalue weighted by molar-refractivity contribution is -0.134. The Morgan fingerprint density at radius 2 is 1.64 bits per heavy atom. The predicted molar refractivity (Wildman–Crippen MR) is 101 cm³/mol. The van der Waals surface area contributed by atoms with Crippen molar-refractivity contribution in [2.45, 2.75) is 20.4 Å². The van der Waals surface area contributed by atoms with Crippen LogP contribution in [0.15, 0.2) is 41.0 Å². The number of carbonyl (C=O) groups excluding carboxylic acids is 4. The van der Waals surface area contributed by atoms with Crippen molar-refractivity contribution in [2.75, 3.05) is 24.3 Å². The van der Waals surface area contributed by atoms with E-state index in [1.807, 2.05) is 0 Å². The lowest BCUT2D eigenvalue weighted by Crippen LogP contribution is -2.30. The molecule has 0 atom stereocenters. The second-order valence-corrected chi connectivity index (χ2v) is 6.07. The highest BCUT2D eigenvalue weighted by Crippen LogP contribution is 2.20. The van der Waals surface area contributed by atoms with E-state index in [9.17, 15) is 19.2 Å². The molecular formula is C19H21N3O6. The zero-order valence-corrected chi connectivity index (χ0v) is 15.8. The first-order chi connectivity index (χ1) is 13.2. The Balaban J connectivity index is 2.04. The molecule has 0 aliphatic heterocycles. The number of ether oxygens (including phenoxy) is 1. The number of nitrogens with zero attached hydrogens (tertiary/aromatic N) is 1. The maximum atomic E-state index is 12.3. The summed E-state index contributed by atoms with van der Waals surface area (Å²) < 4.78 is 10.2. The first kappa shape index (κ1) is 20.7. The summed E-state index contributed by atoms with van der Waals surface area (Å²) in [5.74, 6) is -1.25. The first-order valence-electron chi connectivity index (χ1n) is 8.38. The Morgan fingerprint density at radius 1 is 1.04 bits per heavy atom. The lowest BCUT2D eigenvalue weighted by Gasteiger charge is -2.16. The maximum absolute atomic E-state index is 12.3. The molecule has 2 N–H and O–H groups in total. The number of hydrogen-bond donors (Lipinski definition) is 2. The Bertz CT molecular complexity index is 842. The number of anilines is 2. The number of likely N-dealkylation sites (N-methyl/N-ethyl adjacent to an activating group) is 1. The molecule has 0 spiro atoms. The van der Waals surface area contributed by atoms with Gasteiger partial charge in [0, 0.05) is 32.3 Å². The van der Waals surface area contributed by atoms with E-state index >= 15 is 0 Å². The number of benzene rings is 1. The van der Waals surface area contributed by atoms with E-state index in [2.05, 4.69) is 10.6 Å². The second-order valence-electron chi connectivity index (χ2n) is 6.07. The van der Waals surface area contributed by atoms with E-state index in [4.69, 9.17) is 9.15 Å². The zero-order chi connectivity index (χ0) is 20.7. The Labute approximate surface area is 161 Å². The fraction of sp³-hybridized carbons (Fsp3) is 0.263. The molecule has 1 heterocycles. The van der Waals surface area contributed by atoms with Gasteiger partial charge in [-0.15, -0.1) is 0 Å². The van der Waals surface area contributed by atoms with Crippen molar-refractivity contribution in [3.63, 3.8) is 0 Å². The Kier molecular flexibility index (Phi) is 6.91. The standard InChI is InChI=1S/C19H21N3O6/c1-12(23)20-15-7-14(8-16(9-15)21-13(2)24)19(26)28-11-18(25)22(3)10-17-5-4-6-27-17/h4-9H,10-11H2,1-3H3,(H,20,23)(H,21,24). The minimum Gasteiger partial charge on any atom is -0.467 e. The van der Waals surface area contributed by atoms with Gasteiger partial charge in [0.2, 0.25) is 11.8 Å². The van der Waals surface area contributed by atoms with Crippen LogP contribution in [0.1, 0.15) is 30.0 Å². The second kappa shape index (κ2) is 9.36. The SMILES string of the molecule is CC(=O)Nc1cc(NC(C)=O)cc(C(=O)OCC(=O)N(C)Cc2ccco2)c1. The Morgan fingerprint density at radius 3 is 2.14 bits per heavy atom. The summed E-state index contributed by atoms with van der Waals surface area (Å²) in [4.78, 5) is 48.4. The van der Waals surface area contributed by atoms with Crippen LogP contribution in [0.5, 0.6) is 0 Å². The molecule has 0 radical (unpaired) electrons. The summed E-state index contributed by atoms with van der Waals surface area (Å²) in [6.45, 7) is 2.41. The zero-order valence-electron chi connectivity index (χ0n) is 15.8. The molecule has 0 fully saturated rings. The summed E-state index contributed by atoms with van der Waals surface area (Å²) in [5.41, 5.74) is 0.704. The molecule has 0 saturated carbocycles. The summed E-state index contributed by atoms with van der Waals surface area (Å²) in [7, 11) is 1.56. The summed E-state index contributed by atoms with van der Waals surface area (Å²) in [6.07, 6.45) is 1.50. The van der Waals surface area contributed by atoms with Crippen LogP contribution in [0.25, 0.3) is 0 Å². The highest BCUT2D eigenvalue weighted by molar-refractivity contribution is 5.98. The minimum atomic E-state index is -0.765. The van der Waals surface area contributed by atoms with E-state index in [1.165, 1.54) is 43.2 Å². The molecule has 0 saturated heterocycles. The molecule has 3 amide bonds. The molecule has 28 heavy (non-hydrogen) atoms. The Hall–Kier alpha value is -3.62. The topological polar surface area (TPSA) is 118 Å². The molecule has 0 aliphatic rings. The van der Waals surface area contributed by atoms with E-state index < -0.39 is 18.5 Å². The summed E-state index contributed by atoms with van der Waals surface area (Å²) in [5, 5.41) is 5.08. The van der Waals surface area contributed by atoms with Gasteiger partial charge < -0.3 is 24.7 Å². The van der Waals surface area contributed by atoms with Crippen LogP contribution in [-0.4, -0.2) is 42.2 Å². The van der Waals surface area contributed by atoms with E-state index in [1.54, 1.807) is 19.2 Å². The lowest BCUT2D eigenvalue weighted by atomic mass is 10.1. The molecule has 9 heteroatoms. The number of esters is 1. The van der Waals surface area contributed by atoms with Crippen molar-refractivity contribution in [3.05, 3.63) is 47.9 Å². The molecule has 9 nitrogen and oxygen atoms in total. The fourth-order valence-corrected chi connectivity index (χ4v) is 2.34. The molecule has 0 aliphatic carbocycles. The van der Waals surface area contributed by atoms with Crippen LogP contribution in [0.4, 0.5) is 11.4 Å². The van der Waals surface area contributed by atoms with Gasteiger partial charge >= 0.3 is 5.97 Å². The van der Waals surface area contributed by atoms with Crippen LogP contribution in [0.3, 0.4) is 0 Å². The molecular weight excluding hydrogens is 366 g/mol. The number of hydrogen-bond acceptors (Lipinski definition) is 6. The van der Waals surface area contributed by atoms with Gasteiger partial charge in [-0.25, -0.2) is 4.79 Å². The third kappa shape index (κ3) is 6.27. The van der Waals surface area contributed by atoms with Crippen LogP contribution >= 0.6 is 0 Å². The van der Waals surface area contributed by atoms with E-state index in [-0.39, 0.29) is 23.9 Å². The smallest absolute Gasteiger partial charge is 0.338 e. The van der Waals surface area contributed by atoms with Crippen molar-refractivity contribution in [2.24, 2.45) is 0 Å². The van der Waals surface area contributed by atoms with Crippen molar-refractivity contribution in [1.29, 1.82) is 0 Å². The normalized spacial score (nSPS) is 10.1. The molecule has 1 aromatic carbocycles. The van der Waals surface area contributed by atoms with Crippen molar-refractivity contribution >= 4 is 35.1 Å². The van der Waals surface area contributed by atoms with Crippen molar-refractivity contribution in [1.82, 2.24) is 4.90 Å². The van der Waals surface area contributed by atoms with Crippen LogP contribution in [-0.2, 0) is 25.7 Å². The molecule has 2 rings (SSSR count). The predicted octanol–water partition coefficient (Wildman–Crippen LogP) is 2.01. The van der Waals surface area contributed by atoms with Gasteiger partial charge in [0.15, 0.2) is 6.61 Å². The average Bonchev–Trinajstić information content (AvgIpc) is 3.10. The number of nitrogens with one attached hydrogen (secondary N) is 2. The van der Waals surface area contributed by atoms with Gasteiger partial charge in [-0.3, -0.25) is 14.4 Å². The van der Waals surface area contributed by atoms with Crippen molar-refractivity contribution < 1.29 is 28.3 Å². The number of amides is 3. The van der Waals surface area contributed by atoms with E-state index in [0.29, 0.717) is 17.1 Å². The third-order valence-electron chi connectivity index (χ3n) is 3.54. The molecule has 0 bridgehead atoms. The van der Waals surface area contributed by atoms with Crippen LogP contribution in [0.2, 0.25) is 0 Å². The van der Waals surface area contributed by atoms with Crippen LogP contribution in [0, 0.1) is 0 Å². The molecule has 2 aromatic rings. The van der Waals surface area contributed by atoms with Gasteiger partial charge in [0.05, 0.1) is 18.4 Å². The third-order valence-corrected chi connectivity index (χ3v) is 3.54. The molecule has 1 aromatic heterocycles. The highest BCUT2D eigenvalue weighted by Gasteiger charge is 2.16. The largest absolute Gasteiger partial charge is 0.467 e. The monoisotopic (exact) mass is 387 g/mol. The number of carbonyl (C=O) groups is 4. The van der Waals surface area contributed by atoms with Gasteiger partial charge in [-0.05, 0) is 30.3 Å². The minimum absolute atomic E-state index is 0.0801. The van der Waals surface area contributed by atoms with Gasteiger partial charge in [0.25, 0.3) is 5.91 Å². The fourth-order valence-electron chi connectivity index (χ4n) is 2.34. The van der Waals surface area contributed by atoms with Gasteiger partial charge in [0.1, 0.15) is 5.76 Å². The average molecular weight is 387 g/mol. The van der Waals surface area contributed by atoms with E-state index in [0.717, 1.165) is 0 Å². The maximum Gasteiger partial charge on any atom is 0.338 e. The van der Waals surface area contributed by atoms with Crippen molar-refractivity contribution in [3.8, 4) is 0 Å². The quantitative estimate of drug-likeness (QED) is 0.702. The molecule has 0 unspecified atom stereocenters. The van der Waals surface area contributed by atoms with Gasteiger partial charge in [-0.1, -0.05) is 0 Å². The number of rotatable bonds is 7. The number of furan rings is 1. The first-order valence-corrected chi connectivity index (χ1v) is 8.38. The molecule has 148 valence electrons. The summed E-state index contributed by atoms with van der Waals surface area (Å²) in [6, 6.07) is 7.73. The van der Waals surface area contributed by atoms with Crippen LogP contribution < -0.4 is 10.6 Å². The highest BCUT2D eigenvalue weighted by atomic mass is 16.5. The summed E-state index contributed by atoms with van der Waals surface area (Å²) >= 11 is 0. The van der Waals surface area contributed by atoms with Gasteiger partial charge in [-0.2, -0.15) is 0 Å².